The van der Waals surface area contributed by atoms with E-state index < -0.39 is 5.97 Å². The summed E-state index contributed by atoms with van der Waals surface area (Å²) in [6, 6.07) is 13.4. The molecule has 0 unspecified atom stereocenters. The molecule has 1 fully saturated rings. The Labute approximate surface area is 160 Å². The summed E-state index contributed by atoms with van der Waals surface area (Å²) in [4.78, 5) is 37.2. The Bertz CT molecular complexity index is 903. The standard InChI is InChI=1S/C20H17NO5S/c1-2-26-16-9-5-13(6-10-16)11-17-18(22)21(20(25)27-17)12-14-3-7-15(8-4-14)19(23)24/h3-11H,2,12H2,1H3,(H,23,24)/b17-11-. The van der Waals surface area contributed by atoms with Gasteiger partial charge >= 0.3 is 5.97 Å². The number of hydrogen-bond acceptors (Lipinski definition) is 5. The van der Waals surface area contributed by atoms with Crippen LogP contribution in [0, 0.1) is 0 Å². The molecule has 2 aromatic rings. The molecule has 7 heteroatoms. The number of hydrogen-bond donors (Lipinski definition) is 1. The Morgan fingerprint density at radius 1 is 1.11 bits per heavy atom. The lowest BCUT2D eigenvalue weighted by molar-refractivity contribution is -0.123. The Balaban J connectivity index is 1.73. The lowest BCUT2D eigenvalue weighted by Crippen LogP contribution is -2.27. The number of imide groups is 1. The highest BCUT2D eigenvalue weighted by Crippen LogP contribution is 2.33. The first-order valence-corrected chi connectivity index (χ1v) is 9.10. The normalized spacial score (nSPS) is 15.4. The zero-order valence-corrected chi connectivity index (χ0v) is 15.4. The molecule has 0 radical (unpaired) electrons. The number of carboxylic acid groups (broad SMARTS) is 1. The third kappa shape index (κ3) is 4.38. The van der Waals surface area contributed by atoms with E-state index in [0.29, 0.717) is 17.1 Å². The first kappa shape index (κ1) is 18.7. The highest BCUT2D eigenvalue weighted by molar-refractivity contribution is 8.18. The minimum Gasteiger partial charge on any atom is -0.494 e. The van der Waals surface area contributed by atoms with E-state index >= 15 is 0 Å². The van der Waals surface area contributed by atoms with Gasteiger partial charge in [0, 0.05) is 0 Å². The van der Waals surface area contributed by atoms with Crippen molar-refractivity contribution in [3.8, 4) is 5.75 Å². The summed E-state index contributed by atoms with van der Waals surface area (Å²) in [5.41, 5.74) is 1.64. The number of carboxylic acids is 1. The van der Waals surface area contributed by atoms with Gasteiger partial charge < -0.3 is 9.84 Å². The number of ether oxygens (including phenoxy) is 1. The molecule has 0 spiro atoms. The molecular weight excluding hydrogens is 366 g/mol. The third-order valence-electron chi connectivity index (χ3n) is 3.90. The van der Waals surface area contributed by atoms with Crippen molar-refractivity contribution in [2.24, 2.45) is 0 Å². The molecule has 1 saturated heterocycles. The van der Waals surface area contributed by atoms with E-state index in [4.69, 9.17) is 9.84 Å². The van der Waals surface area contributed by atoms with Crippen LogP contribution in [0.25, 0.3) is 6.08 Å². The minimum absolute atomic E-state index is 0.102. The van der Waals surface area contributed by atoms with Gasteiger partial charge in [0.05, 0.1) is 23.6 Å². The fraction of sp³-hybridized carbons (Fsp3) is 0.150. The van der Waals surface area contributed by atoms with Crippen LogP contribution in [0.1, 0.15) is 28.4 Å². The second-order valence-corrected chi connectivity index (χ2v) is 6.77. The second-order valence-electron chi connectivity index (χ2n) is 5.77. The van der Waals surface area contributed by atoms with Gasteiger partial charge in [-0.3, -0.25) is 14.5 Å². The molecule has 1 aliphatic heterocycles. The molecule has 2 amide bonds. The number of amides is 2. The number of aromatic carboxylic acids is 1. The van der Waals surface area contributed by atoms with Crippen molar-refractivity contribution in [3.63, 3.8) is 0 Å². The molecular formula is C20H17NO5S. The quantitative estimate of drug-likeness (QED) is 0.759. The monoisotopic (exact) mass is 383 g/mol. The van der Waals surface area contributed by atoms with Crippen LogP contribution in [-0.2, 0) is 11.3 Å². The van der Waals surface area contributed by atoms with Crippen LogP contribution in [0.4, 0.5) is 4.79 Å². The highest BCUT2D eigenvalue weighted by Gasteiger charge is 2.34. The number of benzene rings is 2. The largest absolute Gasteiger partial charge is 0.494 e. The third-order valence-corrected chi connectivity index (χ3v) is 4.81. The smallest absolute Gasteiger partial charge is 0.335 e. The molecule has 0 bridgehead atoms. The molecule has 3 rings (SSSR count). The number of nitrogens with zero attached hydrogens (tertiary/aromatic N) is 1. The van der Waals surface area contributed by atoms with E-state index in [0.717, 1.165) is 28.0 Å². The van der Waals surface area contributed by atoms with E-state index in [1.807, 2.05) is 31.2 Å². The number of carbonyl (C=O) groups is 3. The zero-order valence-electron chi connectivity index (χ0n) is 14.5. The molecule has 0 aliphatic carbocycles. The predicted octanol–water partition coefficient (Wildman–Crippen LogP) is 4.02. The Kier molecular flexibility index (Phi) is 5.61. The van der Waals surface area contributed by atoms with Crippen LogP contribution in [-0.4, -0.2) is 33.7 Å². The maximum absolute atomic E-state index is 12.6. The highest BCUT2D eigenvalue weighted by atomic mass is 32.2. The summed E-state index contributed by atoms with van der Waals surface area (Å²) in [5, 5.41) is 8.58. The summed E-state index contributed by atoms with van der Waals surface area (Å²) in [6.45, 7) is 2.58. The van der Waals surface area contributed by atoms with Crippen LogP contribution in [0.5, 0.6) is 5.75 Å². The van der Waals surface area contributed by atoms with Crippen molar-refractivity contribution < 1.29 is 24.2 Å². The molecule has 138 valence electrons. The average molecular weight is 383 g/mol. The van der Waals surface area contributed by atoms with Crippen molar-refractivity contribution in [1.29, 1.82) is 0 Å². The van der Waals surface area contributed by atoms with E-state index in [1.165, 1.54) is 12.1 Å². The van der Waals surface area contributed by atoms with Gasteiger partial charge in [-0.05, 0) is 60.2 Å². The van der Waals surface area contributed by atoms with Crippen molar-refractivity contribution >= 4 is 35.0 Å². The van der Waals surface area contributed by atoms with Crippen LogP contribution < -0.4 is 4.74 Å². The molecule has 1 aliphatic rings. The molecule has 0 saturated carbocycles. The fourth-order valence-corrected chi connectivity index (χ4v) is 3.39. The average Bonchev–Trinajstić information content (AvgIpc) is 2.91. The lowest BCUT2D eigenvalue weighted by Gasteiger charge is -2.12. The first-order valence-electron chi connectivity index (χ1n) is 8.28. The van der Waals surface area contributed by atoms with Gasteiger partial charge in [0.2, 0.25) is 0 Å². The summed E-state index contributed by atoms with van der Waals surface area (Å²) < 4.78 is 5.38. The van der Waals surface area contributed by atoms with Gasteiger partial charge in [-0.25, -0.2) is 4.79 Å². The van der Waals surface area contributed by atoms with Crippen molar-refractivity contribution in [2.75, 3.05) is 6.61 Å². The van der Waals surface area contributed by atoms with Gasteiger partial charge in [-0.1, -0.05) is 24.3 Å². The maximum atomic E-state index is 12.6. The lowest BCUT2D eigenvalue weighted by atomic mass is 10.1. The van der Waals surface area contributed by atoms with Gasteiger partial charge in [0.25, 0.3) is 11.1 Å². The van der Waals surface area contributed by atoms with Gasteiger partial charge in [0.15, 0.2) is 0 Å². The Hall–Kier alpha value is -3.06. The van der Waals surface area contributed by atoms with Gasteiger partial charge in [-0.2, -0.15) is 0 Å². The molecule has 1 N–H and O–H groups in total. The fourth-order valence-electron chi connectivity index (χ4n) is 2.55. The summed E-state index contributed by atoms with van der Waals surface area (Å²) in [6.07, 6.45) is 1.67. The Morgan fingerprint density at radius 2 is 1.78 bits per heavy atom. The van der Waals surface area contributed by atoms with Crippen molar-refractivity contribution in [1.82, 2.24) is 4.90 Å². The van der Waals surface area contributed by atoms with Crippen molar-refractivity contribution in [3.05, 3.63) is 70.1 Å². The van der Waals surface area contributed by atoms with Crippen LogP contribution >= 0.6 is 11.8 Å². The molecule has 6 nitrogen and oxygen atoms in total. The molecule has 1 heterocycles. The molecule has 0 aromatic heterocycles. The van der Waals surface area contributed by atoms with Gasteiger partial charge in [0.1, 0.15) is 5.75 Å². The van der Waals surface area contributed by atoms with E-state index in [-0.39, 0.29) is 23.3 Å². The maximum Gasteiger partial charge on any atom is 0.335 e. The minimum atomic E-state index is -1.02. The van der Waals surface area contributed by atoms with Gasteiger partial charge in [-0.15, -0.1) is 0 Å². The van der Waals surface area contributed by atoms with E-state index in [9.17, 15) is 14.4 Å². The van der Waals surface area contributed by atoms with Crippen molar-refractivity contribution in [2.45, 2.75) is 13.5 Å². The second kappa shape index (κ2) is 8.09. The molecule has 2 aromatic carbocycles. The number of rotatable bonds is 6. The molecule has 27 heavy (non-hydrogen) atoms. The van der Waals surface area contributed by atoms with E-state index in [2.05, 4.69) is 0 Å². The number of thioether (sulfide) groups is 1. The summed E-state index contributed by atoms with van der Waals surface area (Å²) in [7, 11) is 0. The number of carbonyl (C=O) groups excluding carboxylic acids is 2. The zero-order chi connectivity index (χ0) is 19.4. The van der Waals surface area contributed by atoms with Crippen LogP contribution in [0.3, 0.4) is 0 Å². The summed E-state index contributed by atoms with van der Waals surface area (Å²) in [5.74, 6) is -0.639. The Morgan fingerprint density at radius 3 is 2.37 bits per heavy atom. The predicted molar refractivity (Wildman–Crippen MR) is 103 cm³/mol. The SMILES string of the molecule is CCOc1ccc(/C=C2\SC(=O)N(Cc3ccc(C(=O)O)cc3)C2=O)cc1. The van der Waals surface area contributed by atoms with Crippen LogP contribution in [0.15, 0.2) is 53.4 Å². The summed E-state index contributed by atoms with van der Waals surface area (Å²) >= 11 is 0.892. The first-order chi connectivity index (χ1) is 13.0. The topological polar surface area (TPSA) is 83.9 Å². The van der Waals surface area contributed by atoms with Crippen LogP contribution in [0.2, 0.25) is 0 Å². The van der Waals surface area contributed by atoms with E-state index in [1.54, 1.807) is 18.2 Å². The molecule has 0 atom stereocenters.